The zero-order valence-electron chi connectivity index (χ0n) is 19.4. The number of fused-ring (bicyclic) bond motifs is 1. The normalized spacial score (nSPS) is 12.8. The van der Waals surface area contributed by atoms with Crippen LogP contribution in [0.3, 0.4) is 0 Å². The van der Waals surface area contributed by atoms with Crippen LogP contribution in [0.2, 0.25) is 5.02 Å². The molecule has 6 nitrogen and oxygen atoms in total. The quantitative estimate of drug-likeness (QED) is 0.436. The number of hydrogen-bond acceptors (Lipinski definition) is 5. The van der Waals surface area contributed by atoms with Crippen molar-refractivity contribution in [3.8, 4) is 11.5 Å². The topological polar surface area (TPSA) is 67.9 Å². The smallest absolute Gasteiger partial charge is 0.255 e. The maximum absolute atomic E-state index is 13.3. The minimum absolute atomic E-state index is 0.0346. The summed E-state index contributed by atoms with van der Waals surface area (Å²) in [6, 6.07) is 10.6. The Morgan fingerprint density at radius 2 is 2.06 bits per heavy atom. The van der Waals surface area contributed by atoms with Crippen LogP contribution >= 0.6 is 22.9 Å². The van der Waals surface area contributed by atoms with Crippen LogP contribution in [0.15, 0.2) is 41.8 Å². The lowest BCUT2D eigenvalue weighted by atomic mass is 10.0. The van der Waals surface area contributed by atoms with Gasteiger partial charge < -0.3 is 19.7 Å². The number of ether oxygens (including phenoxy) is 2. The van der Waals surface area contributed by atoms with Crippen LogP contribution < -0.4 is 14.8 Å². The van der Waals surface area contributed by atoms with Crippen molar-refractivity contribution >= 4 is 40.4 Å². The molecule has 2 amide bonds. The predicted octanol–water partition coefficient (Wildman–Crippen LogP) is 5.96. The van der Waals surface area contributed by atoms with E-state index in [1.807, 2.05) is 18.7 Å². The largest absolute Gasteiger partial charge is 0.493 e. The highest BCUT2D eigenvalue weighted by atomic mass is 35.5. The fourth-order valence-electron chi connectivity index (χ4n) is 3.98. The lowest BCUT2D eigenvalue weighted by molar-refractivity contribution is 0.0735. The van der Waals surface area contributed by atoms with Gasteiger partial charge in [0.05, 0.1) is 18.7 Å². The summed E-state index contributed by atoms with van der Waals surface area (Å²) in [5.74, 6) is 0.426. The molecule has 4 rings (SSSR count). The van der Waals surface area contributed by atoms with Gasteiger partial charge in [0.1, 0.15) is 0 Å². The van der Waals surface area contributed by atoms with Gasteiger partial charge in [0.25, 0.3) is 11.8 Å². The highest BCUT2D eigenvalue weighted by Gasteiger charge is 2.24. The average molecular weight is 499 g/mol. The van der Waals surface area contributed by atoms with Gasteiger partial charge in [-0.05, 0) is 66.6 Å². The maximum Gasteiger partial charge on any atom is 0.255 e. The molecule has 2 heterocycles. The molecular formula is C26H27ClN2O4S. The average Bonchev–Trinajstić information content (AvgIpc) is 3.31. The molecule has 0 spiro atoms. The van der Waals surface area contributed by atoms with E-state index in [0.29, 0.717) is 53.0 Å². The van der Waals surface area contributed by atoms with Crippen molar-refractivity contribution in [3.63, 3.8) is 0 Å². The highest BCUT2D eigenvalue weighted by Crippen LogP contribution is 2.37. The first-order valence-corrected chi connectivity index (χ1v) is 12.4. The van der Waals surface area contributed by atoms with E-state index in [-0.39, 0.29) is 11.8 Å². The first kappa shape index (κ1) is 24.1. The van der Waals surface area contributed by atoms with Crippen LogP contribution in [-0.4, -0.2) is 37.0 Å². The predicted molar refractivity (Wildman–Crippen MR) is 136 cm³/mol. The summed E-state index contributed by atoms with van der Waals surface area (Å²) in [7, 11) is 1.50. The second-order valence-corrected chi connectivity index (χ2v) is 9.52. The fraction of sp³-hybridized carbons (Fsp3) is 0.308. The van der Waals surface area contributed by atoms with Crippen molar-refractivity contribution in [2.45, 2.75) is 33.2 Å². The third-order valence-corrected chi connectivity index (χ3v) is 7.15. The summed E-state index contributed by atoms with van der Waals surface area (Å²) in [5, 5.41) is 5.29. The third-order valence-electron chi connectivity index (χ3n) is 5.85. The summed E-state index contributed by atoms with van der Waals surface area (Å²) in [5.41, 5.74) is 3.42. The third kappa shape index (κ3) is 4.91. The number of nitrogens with one attached hydrogen (secondary N) is 1. The van der Waals surface area contributed by atoms with Crippen molar-refractivity contribution in [1.82, 2.24) is 4.90 Å². The van der Waals surface area contributed by atoms with E-state index in [0.717, 1.165) is 18.4 Å². The highest BCUT2D eigenvalue weighted by molar-refractivity contribution is 7.10. The molecule has 34 heavy (non-hydrogen) atoms. The number of methoxy groups -OCH3 is 1. The molecule has 1 N–H and O–H groups in total. The molecule has 0 saturated carbocycles. The van der Waals surface area contributed by atoms with E-state index >= 15 is 0 Å². The molecule has 0 aliphatic carbocycles. The van der Waals surface area contributed by atoms with Gasteiger partial charge in [-0.25, -0.2) is 0 Å². The van der Waals surface area contributed by atoms with Gasteiger partial charge >= 0.3 is 0 Å². The second-order valence-electron chi connectivity index (χ2n) is 8.12. The Hall–Kier alpha value is -3.03. The Kier molecular flexibility index (Phi) is 7.44. The number of halogens is 1. The van der Waals surface area contributed by atoms with E-state index in [1.54, 1.807) is 41.7 Å². The molecule has 0 saturated heterocycles. The first-order chi connectivity index (χ1) is 16.4. The molecule has 1 aliphatic rings. The molecule has 1 aromatic heterocycles. The summed E-state index contributed by atoms with van der Waals surface area (Å²) in [6.45, 7) is 5.63. The SMILES string of the molecule is CCCOc1c(Cl)cc(C(=O)Nc2cccc(C(=O)N3CCc4sccc4C3)c2C)cc1OC. The number of rotatable bonds is 7. The molecule has 0 bridgehead atoms. The minimum atomic E-state index is -0.351. The van der Waals surface area contributed by atoms with Crippen molar-refractivity contribution in [3.05, 3.63) is 73.9 Å². The number of carbonyl (C=O) groups excluding carboxylic acids is 2. The Bertz CT molecular complexity index is 1220. The summed E-state index contributed by atoms with van der Waals surface area (Å²) >= 11 is 8.12. The van der Waals surface area contributed by atoms with Gasteiger partial charge in [0.2, 0.25) is 0 Å². The lowest BCUT2D eigenvalue weighted by Crippen LogP contribution is -2.35. The lowest BCUT2D eigenvalue weighted by Gasteiger charge is -2.28. The summed E-state index contributed by atoms with van der Waals surface area (Å²) < 4.78 is 11.1. The number of benzene rings is 2. The number of amides is 2. The Morgan fingerprint density at radius 1 is 1.24 bits per heavy atom. The summed E-state index contributed by atoms with van der Waals surface area (Å²) in [6.07, 6.45) is 1.69. The van der Waals surface area contributed by atoms with Crippen LogP contribution in [-0.2, 0) is 13.0 Å². The number of hydrogen-bond donors (Lipinski definition) is 1. The molecular weight excluding hydrogens is 472 g/mol. The van der Waals surface area contributed by atoms with Gasteiger partial charge in [0, 0.05) is 34.8 Å². The van der Waals surface area contributed by atoms with Gasteiger partial charge in [-0.15, -0.1) is 11.3 Å². The second kappa shape index (κ2) is 10.5. The number of carbonyl (C=O) groups is 2. The number of anilines is 1. The van der Waals surface area contributed by atoms with E-state index in [4.69, 9.17) is 21.1 Å². The molecule has 3 aromatic rings. The Morgan fingerprint density at radius 3 is 2.82 bits per heavy atom. The number of nitrogens with zero attached hydrogens (tertiary/aromatic N) is 1. The van der Waals surface area contributed by atoms with Crippen LogP contribution in [0.5, 0.6) is 11.5 Å². The van der Waals surface area contributed by atoms with Gasteiger partial charge in [-0.2, -0.15) is 0 Å². The van der Waals surface area contributed by atoms with E-state index in [1.165, 1.54) is 17.6 Å². The van der Waals surface area contributed by atoms with Gasteiger partial charge in [-0.3, -0.25) is 9.59 Å². The molecule has 1 aliphatic heterocycles. The molecule has 0 radical (unpaired) electrons. The monoisotopic (exact) mass is 498 g/mol. The van der Waals surface area contributed by atoms with Gasteiger partial charge in [-0.1, -0.05) is 24.6 Å². The zero-order valence-corrected chi connectivity index (χ0v) is 21.0. The first-order valence-electron chi connectivity index (χ1n) is 11.2. The standard InChI is InChI=1S/C26H27ClN2O4S/c1-4-11-33-24-20(27)13-18(14-22(24)32-3)25(30)28-21-7-5-6-19(16(21)2)26(31)29-10-8-23-17(15-29)9-12-34-23/h5-7,9,12-14H,4,8,10-11,15H2,1-3H3,(H,28,30). The molecule has 0 atom stereocenters. The molecule has 0 unspecified atom stereocenters. The van der Waals surface area contributed by atoms with Crippen LogP contribution in [0.25, 0.3) is 0 Å². The van der Waals surface area contributed by atoms with E-state index in [9.17, 15) is 9.59 Å². The Balaban J connectivity index is 1.54. The molecule has 0 fully saturated rings. The van der Waals surface area contributed by atoms with Crippen LogP contribution in [0, 0.1) is 6.92 Å². The molecule has 2 aromatic carbocycles. The Labute approximate surface area is 208 Å². The summed E-state index contributed by atoms with van der Waals surface area (Å²) in [4.78, 5) is 29.5. The molecule has 178 valence electrons. The van der Waals surface area contributed by atoms with Crippen molar-refractivity contribution in [1.29, 1.82) is 0 Å². The van der Waals surface area contributed by atoms with Crippen LogP contribution in [0.4, 0.5) is 5.69 Å². The maximum atomic E-state index is 13.3. The fourth-order valence-corrected chi connectivity index (χ4v) is 5.14. The van der Waals surface area contributed by atoms with Crippen LogP contribution in [0.1, 0.15) is 50.1 Å². The molecule has 8 heteroatoms. The van der Waals surface area contributed by atoms with Crippen molar-refractivity contribution in [2.75, 3.05) is 25.6 Å². The van der Waals surface area contributed by atoms with Gasteiger partial charge in [0.15, 0.2) is 11.5 Å². The van der Waals surface area contributed by atoms with E-state index < -0.39 is 0 Å². The number of thiophene rings is 1. The van der Waals surface area contributed by atoms with E-state index in [2.05, 4.69) is 16.8 Å². The van der Waals surface area contributed by atoms with Crippen molar-refractivity contribution < 1.29 is 19.1 Å². The zero-order chi connectivity index (χ0) is 24.2. The van der Waals surface area contributed by atoms with Crippen molar-refractivity contribution in [2.24, 2.45) is 0 Å². The minimum Gasteiger partial charge on any atom is -0.493 e.